The van der Waals surface area contributed by atoms with Crippen molar-refractivity contribution in [1.82, 2.24) is 14.9 Å². The van der Waals surface area contributed by atoms with Gasteiger partial charge in [-0.3, -0.25) is 0 Å². The molecule has 2 atom stereocenters. The van der Waals surface area contributed by atoms with Gasteiger partial charge < -0.3 is 9.88 Å². The van der Waals surface area contributed by atoms with Gasteiger partial charge in [0.05, 0.1) is 24.1 Å². The summed E-state index contributed by atoms with van der Waals surface area (Å²) in [6.45, 7) is 8.53. The summed E-state index contributed by atoms with van der Waals surface area (Å²) >= 11 is 0. The minimum Gasteiger partial charge on any atom is -0.330 e. The predicted octanol–water partition coefficient (Wildman–Crippen LogP) is 3.33. The van der Waals surface area contributed by atoms with Crippen LogP contribution in [-0.2, 0) is 0 Å². The lowest BCUT2D eigenvalue weighted by molar-refractivity contribution is 0.395. The van der Waals surface area contributed by atoms with Crippen molar-refractivity contribution in [3.8, 4) is 0 Å². The van der Waals surface area contributed by atoms with Gasteiger partial charge in [-0.25, -0.2) is 4.98 Å². The summed E-state index contributed by atoms with van der Waals surface area (Å²) in [5, 5.41) is 3.42. The van der Waals surface area contributed by atoms with E-state index < -0.39 is 0 Å². The van der Waals surface area contributed by atoms with Crippen LogP contribution in [0.1, 0.15) is 41.5 Å². The standard InChI is InChI=1S/C16H23N3/c1-11-6-8-15(9-7-11)16(17-5)14(4)19-10-18-12(2)13(19)3/h6-10,14,16-17H,1-5H3. The maximum Gasteiger partial charge on any atom is 0.0954 e. The first-order valence-corrected chi connectivity index (χ1v) is 6.78. The lowest BCUT2D eigenvalue weighted by Crippen LogP contribution is -2.26. The van der Waals surface area contributed by atoms with Crippen molar-refractivity contribution < 1.29 is 0 Å². The van der Waals surface area contributed by atoms with Gasteiger partial charge in [-0.05, 0) is 40.3 Å². The highest BCUT2D eigenvalue weighted by atomic mass is 15.1. The molecule has 0 saturated carbocycles. The van der Waals surface area contributed by atoms with E-state index >= 15 is 0 Å². The molecule has 19 heavy (non-hydrogen) atoms. The second kappa shape index (κ2) is 5.57. The van der Waals surface area contributed by atoms with Crippen LogP contribution < -0.4 is 5.32 Å². The highest BCUT2D eigenvalue weighted by Crippen LogP contribution is 2.27. The van der Waals surface area contributed by atoms with Crippen LogP contribution in [0.3, 0.4) is 0 Å². The number of hydrogen-bond acceptors (Lipinski definition) is 2. The van der Waals surface area contributed by atoms with Gasteiger partial charge >= 0.3 is 0 Å². The van der Waals surface area contributed by atoms with Crippen LogP contribution in [0.15, 0.2) is 30.6 Å². The van der Waals surface area contributed by atoms with Crippen LogP contribution in [0.2, 0.25) is 0 Å². The van der Waals surface area contributed by atoms with Gasteiger partial charge in [0, 0.05) is 5.69 Å². The third-order valence-electron chi connectivity index (χ3n) is 3.96. The number of hydrogen-bond donors (Lipinski definition) is 1. The van der Waals surface area contributed by atoms with Crippen LogP contribution in [-0.4, -0.2) is 16.6 Å². The number of aryl methyl sites for hydroxylation is 2. The Balaban J connectivity index is 2.31. The zero-order valence-electron chi connectivity index (χ0n) is 12.4. The first kappa shape index (κ1) is 13.8. The SMILES string of the molecule is CNC(c1ccc(C)cc1)C(C)n1cnc(C)c1C. The fraction of sp³-hybridized carbons (Fsp3) is 0.438. The second-order valence-corrected chi connectivity index (χ2v) is 5.24. The molecular formula is C16H23N3. The minimum atomic E-state index is 0.285. The third-order valence-corrected chi connectivity index (χ3v) is 3.96. The average Bonchev–Trinajstić information content (AvgIpc) is 2.73. The molecule has 1 heterocycles. The maximum absolute atomic E-state index is 4.40. The predicted molar refractivity (Wildman–Crippen MR) is 79.4 cm³/mol. The number of nitrogens with zero attached hydrogens (tertiary/aromatic N) is 2. The Labute approximate surface area is 115 Å². The highest BCUT2D eigenvalue weighted by molar-refractivity contribution is 5.25. The third kappa shape index (κ3) is 2.71. The van der Waals surface area contributed by atoms with Crippen LogP contribution in [0.5, 0.6) is 0 Å². The molecule has 2 unspecified atom stereocenters. The van der Waals surface area contributed by atoms with Gasteiger partial charge in [-0.2, -0.15) is 0 Å². The van der Waals surface area contributed by atoms with Crippen molar-refractivity contribution in [3.05, 3.63) is 53.1 Å². The van der Waals surface area contributed by atoms with Crippen molar-refractivity contribution in [2.24, 2.45) is 0 Å². The van der Waals surface area contributed by atoms with Crippen LogP contribution in [0, 0.1) is 20.8 Å². The summed E-state index contributed by atoms with van der Waals surface area (Å²) in [5.41, 5.74) is 4.94. The van der Waals surface area contributed by atoms with E-state index in [2.05, 4.69) is 66.8 Å². The fourth-order valence-electron chi connectivity index (χ4n) is 2.55. The van der Waals surface area contributed by atoms with Gasteiger partial charge in [-0.15, -0.1) is 0 Å². The summed E-state index contributed by atoms with van der Waals surface area (Å²) in [4.78, 5) is 4.40. The van der Waals surface area contributed by atoms with E-state index in [1.165, 1.54) is 16.8 Å². The molecule has 0 aliphatic rings. The molecule has 102 valence electrons. The Morgan fingerprint density at radius 1 is 1.11 bits per heavy atom. The lowest BCUT2D eigenvalue weighted by Gasteiger charge is -2.26. The monoisotopic (exact) mass is 257 g/mol. The van der Waals surface area contributed by atoms with E-state index in [-0.39, 0.29) is 6.04 Å². The summed E-state index contributed by atoms with van der Waals surface area (Å²) in [6, 6.07) is 9.34. The van der Waals surface area contributed by atoms with E-state index in [0.717, 1.165) is 5.69 Å². The van der Waals surface area contributed by atoms with Crippen LogP contribution in [0.25, 0.3) is 0 Å². The smallest absolute Gasteiger partial charge is 0.0954 e. The molecular weight excluding hydrogens is 234 g/mol. The molecule has 0 aliphatic heterocycles. The van der Waals surface area contributed by atoms with Crippen molar-refractivity contribution in [3.63, 3.8) is 0 Å². The van der Waals surface area contributed by atoms with E-state index in [9.17, 15) is 0 Å². The maximum atomic E-state index is 4.40. The number of aromatic nitrogens is 2. The van der Waals surface area contributed by atoms with Crippen molar-refractivity contribution in [2.45, 2.75) is 39.8 Å². The van der Waals surface area contributed by atoms with E-state index in [1.54, 1.807) is 0 Å². The zero-order valence-corrected chi connectivity index (χ0v) is 12.4. The summed E-state index contributed by atoms with van der Waals surface area (Å²) in [6.07, 6.45) is 1.94. The molecule has 0 spiro atoms. The highest BCUT2D eigenvalue weighted by Gasteiger charge is 2.20. The number of likely N-dealkylation sites (N-methyl/N-ethyl adjacent to an activating group) is 1. The normalized spacial score (nSPS) is 14.4. The molecule has 3 heteroatoms. The van der Waals surface area contributed by atoms with Crippen molar-refractivity contribution in [1.29, 1.82) is 0 Å². The molecule has 0 bridgehead atoms. The first-order valence-electron chi connectivity index (χ1n) is 6.78. The summed E-state index contributed by atoms with van der Waals surface area (Å²) in [7, 11) is 2.01. The Hall–Kier alpha value is -1.61. The quantitative estimate of drug-likeness (QED) is 0.910. The fourth-order valence-corrected chi connectivity index (χ4v) is 2.55. The summed E-state index contributed by atoms with van der Waals surface area (Å²) < 4.78 is 2.25. The molecule has 2 aromatic rings. The van der Waals surface area contributed by atoms with E-state index in [4.69, 9.17) is 0 Å². The first-order chi connectivity index (χ1) is 9.04. The molecule has 1 aromatic carbocycles. The molecule has 0 fully saturated rings. The van der Waals surface area contributed by atoms with Gasteiger partial charge in [0.2, 0.25) is 0 Å². The Kier molecular flexibility index (Phi) is 4.05. The molecule has 2 rings (SSSR count). The number of nitrogens with one attached hydrogen (secondary N) is 1. The van der Waals surface area contributed by atoms with Gasteiger partial charge in [0.25, 0.3) is 0 Å². The minimum absolute atomic E-state index is 0.285. The molecule has 0 saturated heterocycles. The topological polar surface area (TPSA) is 29.9 Å². The second-order valence-electron chi connectivity index (χ2n) is 5.24. The molecule has 1 aromatic heterocycles. The van der Waals surface area contributed by atoms with E-state index in [0.29, 0.717) is 6.04 Å². The van der Waals surface area contributed by atoms with Gasteiger partial charge in [-0.1, -0.05) is 29.8 Å². The van der Waals surface area contributed by atoms with E-state index in [1.807, 2.05) is 13.4 Å². The largest absolute Gasteiger partial charge is 0.330 e. The zero-order chi connectivity index (χ0) is 14.0. The Morgan fingerprint density at radius 3 is 2.21 bits per heavy atom. The van der Waals surface area contributed by atoms with Crippen LogP contribution in [0.4, 0.5) is 0 Å². The molecule has 3 nitrogen and oxygen atoms in total. The van der Waals surface area contributed by atoms with Crippen molar-refractivity contribution in [2.75, 3.05) is 7.05 Å². The van der Waals surface area contributed by atoms with Gasteiger partial charge in [0.1, 0.15) is 0 Å². The molecule has 0 radical (unpaired) electrons. The Morgan fingerprint density at radius 2 is 1.74 bits per heavy atom. The molecule has 1 N–H and O–H groups in total. The number of benzene rings is 1. The number of rotatable bonds is 4. The average molecular weight is 257 g/mol. The van der Waals surface area contributed by atoms with Gasteiger partial charge in [0.15, 0.2) is 0 Å². The summed E-state index contributed by atoms with van der Waals surface area (Å²) in [5.74, 6) is 0. The Bertz CT molecular complexity index is 540. The number of imidazole rings is 1. The van der Waals surface area contributed by atoms with Crippen molar-refractivity contribution >= 4 is 0 Å². The lowest BCUT2D eigenvalue weighted by atomic mass is 9.99. The van der Waals surface area contributed by atoms with Crippen LogP contribution >= 0.6 is 0 Å². The molecule has 0 amide bonds. The molecule has 0 aliphatic carbocycles.